The van der Waals surface area contributed by atoms with Gasteiger partial charge in [-0.2, -0.15) is 0 Å². The SMILES string of the molecule is COc1cccc([C@H]2C[C@@H](O)CN2C(=O)C(C)=C2CCCC2)c1. The molecular weight excluding hydrogens is 290 g/mol. The Hall–Kier alpha value is -1.81. The van der Waals surface area contributed by atoms with Crippen molar-refractivity contribution in [2.75, 3.05) is 13.7 Å². The lowest BCUT2D eigenvalue weighted by Gasteiger charge is -2.26. The number of likely N-dealkylation sites (tertiary alicyclic amines) is 1. The number of β-amino-alcohol motifs (C(OH)–C–C–N with tert-alkyl or cyclic N) is 1. The van der Waals surface area contributed by atoms with Crippen LogP contribution in [-0.2, 0) is 4.79 Å². The summed E-state index contributed by atoms with van der Waals surface area (Å²) < 4.78 is 5.29. The molecule has 0 aromatic heterocycles. The summed E-state index contributed by atoms with van der Waals surface area (Å²) in [6.45, 7) is 2.35. The Morgan fingerprint density at radius 1 is 1.30 bits per heavy atom. The van der Waals surface area contributed by atoms with Crippen LogP contribution in [0.15, 0.2) is 35.4 Å². The van der Waals surface area contributed by atoms with Crippen molar-refractivity contribution in [2.45, 2.75) is 51.2 Å². The summed E-state index contributed by atoms with van der Waals surface area (Å²) in [5.41, 5.74) is 3.20. The second kappa shape index (κ2) is 6.75. The average molecular weight is 315 g/mol. The highest BCUT2D eigenvalue weighted by Crippen LogP contribution is 2.36. The van der Waals surface area contributed by atoms with E-state index in [0.717, 1.165) is 29.7 Å². The molecule has 2 atom stereocenters. The van der Waals surface area contributed by atoms with Gasteiger partial charge in [0, 0.05) is 12.1 Å². The standard InChI is InChI=1S/C19H25NO3/c1-13(14-6-3-4-7-14)19(22)20-12-16(21)11-18(20)15-8-5-9-17(10-15)23-2/h5,8-10,16,18,21H,3-4,6-7,11-12H2,1-2H3/t16-,18-/m1/s1. The molecule has 23 heavy (non-hydrogen) atoms. The maximum Gasteiger partial charge on any atom is 0.250 e. The molecule has 3 rings (SSSR count). The second-order valence-corrected chi connectivity index (χ2v) is 6.58. The van der Waals surface area contributed by atoms with E-state index in [1.54, 1.807) is 7.11 Å². The first-order valence-electron chi connectivity index (χ1n) is 8.41. The third-order valence-corrected chi connectivity index (χ3v) is 5.08. The number of rotatable bonds is 3. The summed E-state index contributed by atoms with van der Waals surface area (Å²) in [6.07, 6.45) is 4.57. The number of allylic oxidation sites excluding steroid dienone is 1. The minimum Gasteiger partial charge on any atom is -0.497 e. The van der Waals surface area contributed by atoms with Gasteiger partial charge in [0.25, 0.3) is 0 Å². The Morgan fingerprint density at radius 3 is 2.74 bits per heavy atom. The first kappa shape index (κ1) is 16.1. The second-order valence-electron chi connectivity index (χ2n) is 6.58. The molecule has 1 saturated heterocycles. The van der Waals surface area contributed by atoms with Crippen molar-refractivity contribution < 1.29 is 14.6 Å². The van der Waals surface area contributed by atoms with Crippen molar-refractivity contribution in [3.8, 4) is 5.75 Å². The molecule has 0 spiro atoms. The van der Waals surface area contributed by atoms with Crippen molar-refractivity contribution >= 4 is 5.91 Å². The highest BCUT2D eigenvalue weighted by atomic mass is 16.5. The molecular formula is C19H25NO3. The number of amides is 1. The highest BCUT2D eigenvalue weighted by molar-refractivity contribution is 5.94. The van der Waals surface area contributed by atoms with Gasteiger partial charge in [0.1, 0.15) is 5.75 Å². The summed E-state index contributed by atoms with van der Waals surface area (Å²) in [5.74, 6) is 0.855. The number of aliphatic hydroxyl groups is 1. The molecule has 4 heteroatoms. The Labute approximate surface area is 137 Å². The molecule has 2 aliphatic rings. The van der Waals surface area contributed by atoms with Gasteiger partial charge in [0.05, 0.1) is 19.3 Å². The number of hydrogen-bond donors (Lipinski definition) is 1. The van der Waals surface area contributed by atoms with Crippen molar-refractivity contribution in [2.24, 2.45) is 0 Å². The Bertz CT molecular complexity index is 615. The quantitative estimate of drug-likeness (QED) is 0.871. The molecule has 1 amide bonds. The van der Waals surface area contributed by atoms with E-state index in [-0.39, 0.29) is 11.9 Å². The fourth-order valence-electron chi connectivity index (χ4n) is 3.75. The molecule has 1 saturated carbocycles. The molecule has 1 aliphatic carbocycles. The van der Waals surface area contributed by atoms with Crippen molar-refractivity contribution in [1.82, 2.24) is 4.90 Å². The summed E-state index contributed by atoms with van der Waals surface area (Å²) in [6, 6.07) is 7.71. The smallest absolute Gasteiger partial charge is 0.250 e. The zero-order valence-corrected chi connectivity index (χ0v) is 13.9. The summed E-state index contributed by atoms with van der Waals surface area (Å²) in [5, 5.41) is 10.1. The van der Waals surface area contributed by atoms with Crippen molar-refractivity contribution in [3.63, 3.8) is 0 Å². The molecule has 4 nitrogen and oxygen atoms in total. The fraction of sp³-hybridized carbons (Fsp3) is 0.526. The largest absolute Gasteiger partial charge is 0.497 e. The molecule has 124 valence electrons. The van der Waals surface area contributed by atoms with Crippen LogP contribution in [0.3, 0.4) is 0 Å². The summed E-state index contributed by atoms with van der Waals surface area (Å²) in [4.78, 5) is 14.8. The number of nitrogens with zero attached hydrogens (tertiary/aromatic N) is 1. The first-order chi connectivity index (χ1) is 11.1. The Kier molecular flexibility index (Phi) is 4.71. The maximum absolute atomic E-state index is 12.9. The zero-order chi connectivity index (χ0) is 16.4. The summed E-state index contributed by atoms with van der Waals surface area (Å²) >= 11 is 0. The maximum atomic E-state index is 12.9. The fourth-order valence-corrected chi connectivity index (χ4v) is 3.75. The summed E-state index contributed by atoms with van der Waals surface area (Å²) in [7, 11) is 1.64. The van der Waals surface area contributed by atoms with E-state index in [4.69, 9.17) is 4.74 Å². The van der Waals surface area contributed by atoms with Crippen LogP contribution in [0.25, 0.3) is 0 Å². The third kappa shape index (κ3) is 3.27. The van der Waals surface area contributed by atoms with E-state index in [2.05, 4.69) is 0 Å². The molecule has 1 N–H and O–H groups in total. The van der Waals surface area contributed by atoms with E-state index in [1.807, 2.05) is 36.1 Å². The van der Waals surface area contributed by atoms with Crippen LogP contribution >= 0.6 is 0 Å². The predicted molar refractivity (Wildman–Crippen MR) is 89.2 cm³/mol. The third-order valence-electron chi connectivity index (χ3n) is 5.08. The number of benzene rings is 1. The lowest BCUT2D eigenvalue weighted by Crippen LogP contribution is -2.32. The lowest BCUT2D eigenvalue weighted by atomic mass is 10.0. The van der Waals surface area contributed by atoms with E-state index in [9.17, 15) is 9.90 Å². The van der Waals surface area contributed by atoms with Crippen LogP contribution in [0.2, 0.25) is 0 Å². The van der Waals surface area contributed by atoms with Crippen LogP contribution in [0.1, 0.15) is 50.6 Å². The monoisotopic (exact) mass is 315 g/mol. The minimum atomic E-state index is -0.462. The van der Waals surface area contributed by atoms with Crippen molar-refractivity contribution in [1.29, 1.82) is 0 Å². The van der Waals surface area contributed by atoms with Crippen LogP contribution in [0.5, 0.6) is 5.75 Å². The molecule has 1 aromatic carbocycles. The van der Waals surface area contributed by atoms with Crippen LogP contribution in [-0.4, -0.2) is 35.7 Å². The van der Waals surface area contributed by atoms with Crippen LogP contribution in [0, 0.1) is 0 Å². The zero-order valence-electron chi connectivity index (χ0n) is 13.9. The van der Waals surface area contributed by atoms with Gasteiger partial charge in [0.2, 0.25) is 5.91 Å². The van der Waals surface area contributed by atoms with Crippen LogP contribution < -0.4 is 4.74 Å². The minimum absolute atomic E-state index is 0.0752. The Balaban J connectivity index is 1.87. The molecule has 0 bridgehead atoms. The first-order valence-corrected chi connectivity index (χ1v) is 8.41. The number of carbonyl (C=O) groups excluding carboxylic acids is 1. The topological polar surface area (TPSA) is 49.8 Å². The molecule has 2 fully saturated rings. The average Bonchev–Trinajstić information content (AvgIpc) is 3.23. The van der Waals surface area contributed by atoms with E-state index in [0.29, 0.717) is 13.0 Å². The van der Waals surface area contributed by atoms with Gasteiger partial charge in [-0.1, -0.05) is 17.7 Å². The van der Waals surface area contributed by atoms with E-state index < -0.39 is 6.10 Å². The van der Waals surface area contributed by atoms with Gasteiger partial charge >= 0.3 is 0 Å². The van der Waals surface area contributed by atoms with Gasteiger partial charge in [0.15, 0.2) is 0 Å². The predicted octanol–water partition coefficient (Wildman–Crippen LogP) is 3.22. The molecule has 0 unspecified atom stereocenters. The van der Waals surface area contributed by atoms with Gasteiger partial charge in [-0.25, -0.2) is 0 Å². The molecule has 0 radical (unpaired) electrons. The number of aliphatic hydroxyl groups excluding tert-OH is 1. The number of carbonyl (C=O) groups is 1. The molecule has 1 aromatic rings. The van der Waals surface area contributed by atoms with Crippen molar-refractivity contribution in [3.05, 3.63) is 41.0 Å². The van der Waals surface area contributed by atoms with Gasteiger partial charge in [-0.05, 0) is 56.7 Å². The Morgan fingerprint density at radius 2 is 2.04 bits per heavy atom. The van der Waals surface area contributed by atoms with E-state index in [1.165, 1.54) is 18.4 Å². The number of hydrogen-bond acceptors (Lipinski definition) is 3. The lowest BCUT2D eigenvalue weighted by molar-refractivity contribution is -0.128. The van der Waals surface area contributed by atoms with Crippen LogP contribution in [0.4, 0.5) is 0 Å². The number of methoxy groups -OCH3 is 1. The molecule has 1 aliphatic heterocycles. The normalized spacial score (nSPS) is 24.1. The number of ether oxygens (including phenoxy) is 1. The highest BCUT2D eigenvalue weighted by Gasteiger charge is 2.36. The molecule has 1 heterocycles. The van der Waals surface area contributed by atoms with Gasteiger partial charge in [-0.3, -0.25) is 4.79 Å². The van der Waals surface area contributed by atoms with Gasteiger partial charge in [-0.15, -0.1) is 0 Å². The van der Waals surface area contributed by atoms with E-state index >= 15 is 0 Å². The van der Waals surface area contributed by atoms with Gasteiger partial charge < -0.3 is 14.7 Å².